The SMILES string of the molecule is CN(C)Cc1cc(Cl)ccc1Sc1ccc(Cl)c(Cl)c1. The summed E-state index contributed by atoms with van der Waals surface area (Å²) in [6.45, 7) is 0.838. The minimum atomic E-state index is 0.569. The molecular weight excluding hydrogens is 333 g/mol. The lowest BCUT2D eigenvalue weighted by molar-refractivity contribution is 0.399. The Balaban J connectivity index is 2.30. The third kappa shape index (κ3) is 4.31. The van der Waals surface area contributed by atoms with Gasteiger partial charge in [-0.15, -0.1) is 0 Å². The van der Waals surface area contributed by atoms with Crippen molar-refractivity contribution in [1.29, 1.82) is 0 Å². The molecule has 0 N–H and O–H groups in total. The average molecular weight is 347 g/mol. The molecule has 0 atom stereocenters. The number of hydrogen-bond donors (Lipinski definition) is 0. The first kappa shape index (κ1) is 16.0. The maximum atomic E-state index is 6.08. The van der Waals surface area contributed by atoms with Gasteiger partial charge in [0.05, 0.1) is 10.0 Å². The minimum Gasteiger partial charge on any atom is -0.305 e. The van der Waals surface area contributed by atoms with Crippen LogP contribution in [0.4, 0.5) is 0 Å². The van der Waals surface area contributed by atoms with Crippen LogP contribution in [0.25, 0.3) is 0 Å². The van der Waals surface area contributed by atoms with Crippen LogP contribution in [-0.4, -0.2) is 19.0 Å². The van der Waals surface area contributed by atoms with Gasteiger partial charge in [0.25, 0.3) is 0 Å². The predicted octanol–water partition coefficient (Wildman–Crippen LogP) is 5.86. The van der Waals surface area contributed by atoms with Gasteiger partial charge in [-0.1, -0.05) is 46.6 Å². The van der Waals surface area contributed by atoms with E-state index in [1.54, 1.807) is 11.8 Å². The molecule has 0 saturated carbocycles. The second-order valence-electron chi connectivity index (χ2n) is 4.67. The van der Waals surface area contributed by atoms with Gasteiger partial charge in [0, 0.05) is 21.4 Å². The van der Waals surface area contributed by atoms with E-state index in [2.05, 4.69) is 4.90 Å². The second kappa shape index (κ2) is 7.06. The van der Waals surface area contributed by atoms with E-state index < -0.39 is 0 Å². The zero-order chi connectivity index (χ0) is 14.7. The molecule has 0 saturated heterocycles. The lowest BCUT2D eigenvalue weighted by Crippen LogP contribution is -2.11. The van der Waals surface area contributed by atoms with Crippen LogP contribution < -0.4 is 0 Å². The fourth-order valence-electron chi connectivity index (χ4n) is 1.78. The zero-order valence-electron chi connectivity index (χ0n) is 11.2. The number of hydrogen-bond acceptors (Lipinski definition) is 2. The Kier molecular flexibility index (Phi) is 5.65. The lowest BCUT2D eigenvalue weighted by atomic mass is 10.2. The van der Waals surface area contributed by atoms with Crippen LogP contribution in [0.1, 0.15) is 5.56 Å². The molecule has 0 aliphatic carbocycles. The van der Waals surface area contributed by atoms with Crippen molar-refractivity contribution >= 4 is 46.6 Å². The molecule has 2 aromatic rings. The van der Waals surface area contributed by atoms with Crippen molar-refractivity contribution in [3.8, 4) is 0 Å². The van der Waals surface area contributed by atoms with Crippen molar-refractivity contribution in [3.63, 3.8) is 0 Å². The molecule has 1 nitrogen and oxygen atoms in total. The topological polar surface area (TPSA) is 3.24 Å². The van der Waals surface area contributed by atoms with Gasteiger partial charge >= 0.3 is 0 Å². The van der Waals surface area contributed by atoms with Crippen LogP contribution in [0, 0.1) is 0 Å². The summed E-state index contributed by atoms with van der Waals surface area (Å²) < 4.78 is 0. The summed E-state index contributed by atoms with van der Waals surface area (Å²) in [6.07, 6.45) is 0. The normalized spacial score (nSPS) is 11.1. The molecule has 0 aliphatic heterocycles. The molecule has 5 heteroatoms. The van der Waals surface area contributed by atoms with Crippen molar-refractivity contribution < 1.29 is 0 Å². The van der Waals surface area contributed by atoms with Crippen molar-refractivity contribution in [3.05, 3.63) is 57.0 Å². The minimum absolute atomic E-state index is 0.569. The molecule has 2 rings (SSSR count). The fourth-order valence-corrected chi connectivity index (χ4v) is 3.29. The number of halogens is 3. The van der Waals surface area contributed by atoms with Crippen LogP contribution >= 0.6 is 46.6 Å². The van der Waals surface area contributed by atoms with Crippen molar-refractivity contribution in [2.45, 2.75) is 16.3 Å². The highest BCUT2D eigenvalue weighted by Crippen LogP contribution is 2.35. The molecule has 20 heavy (non-hydrogen) atoms. The fraction of sp³-hybridized carbons (Fsp3) is 0.200. The zero-order valence-corrected chi connectivity index (χ0v) is 14.2. The highest BCUT2D eigenvalue weighted by Gasteiger charge is 2.08. The van der Waals surface area contributed by atoms with Crippen LogP contribution in [0.2, 0.25) is 15.1 Å². The Morgan fingerprint density at radius 3 is 2.35 bits per heavy atom. The highest BCUT2D eigenvalue weighted by molar-refractivity contribution is 7.99. The average Bonchev–Trinajstić information content (AvgIpc) is 2.36. The Morgan fingerprint density at radius 1 is 0.950 bits per heavy atom. The van der Waals surface area contributed by atoms with Gasteiger partial charge in [-0.3, -0.25) is 0 Å². The Labute approximate surface area is 138 Å². The van der Waals surface area contributed by atoms with Gasteiger partial charge in [0.2, 0.25) is 0 Å². The van der Waals surface area contributed by atoms with Gasteiger partial charge in [0.1, 0.15) is 0 Å². The van der Waals surface area contributed by atoms with E-state index in [0.29, 0.717) is 10.0 Å². The third-order valence-corrected chi connectivity index (χ3v) is 4.71. The van der Waals surface area contributed by atoms with Gasteiger partial charge in [-0.25, -0.2) is 0 Å². The number of benzene rings is 2. The first-order valence-electron chi connectivity index (χ1n) is 6.02. The van der Waals surface area contributed by atoms with Gasteiger partial charge in [0.15, 0.2) is 0 Å². The lowest BCUT2D eigenvalue weighted by Gasteiger charge is -2.14. The Hall–Kier alpha value is -0.380. The molecule has 106 valence electrons. The Morgan fingerprint density at radius 2 is 1.70 bits per heavy atom. The van der Waals surface area contributed by atoms with Gasteiger partial charge < -0.3 is 4.90 Å². The quantitative estimate of drug-likeness (QED) is 0.682. The standard InChI is InChI=1S/C15H14Cl3NS/c1-19(2)9-10-7-11(16)3-6-15(10)20-12-4-5-13(17)14(18)8-12/h3-8H,9H2,1-2H3. The van der Waals surface area contributed by atoms with E-state index in [0.717, 1.165) is 16.5 Å². The second-order valence-corrected chi connectivity index (χ2v) is 7.03. The Bertz CT molecular complexity index is 614. The predicted molar refractivity (Wildman–Crippen MR) is 89.4 cm³/mol. The molecule has 0 heterocycles. The first-order chi connectivity index (χ1) is 9.45. The van der Waals surface area contributed by atoms with E-state index >= 15 is 0 Å². The number of rotatable bonds is 4. The summed E-state index contributed by atoms with van der Waals surface area (Å²) in [5, 5.41) is 1.89. The van der Waals surface area contributed by atoms with Crippen LogP contribution in [0.15, 0.2) is 46.2 Å². The van der Waals surface area contributed by atoms with Crippen molar-refractivity contribution in [2.75, 3.05) is 14.1 Å². The summed E-state index contributed by atoms with van der Waals surface area (Å²) in [6, 6.07) is 11.6. The molecule has 0 amide bonds. The van der Waals surface area contributed by atoms with Crippen molar-refractivity contribution in [1.82, 2.24) is 4.90 Å². The molecular formula is C15H14Cl3NS. The molecule has 0 bridgehead atoms. The third-order valence-electron chi connectivity index (χ3n) is 2.63. The summed E-state index contributed by atoms with van der Waals surface area (Å²) in [5.74, 6) is 0. The summed E-state index contributed by atoms with van der Waals surface area (Å²) in [5.41, 5.74) is 1.19. The summed E-state index contributed by atoms with van der Waals surface area (Å²) in [7, 11) is 4.07. The van der Waals surface area contributed by atoms with E-state index in [1.165, 1.54) is 10.5 Å². The molecule has 0 fully saturated rings. The van der Waals surface area contributed by atoms with Crippen molar-refractivity contribution in [2.24, 2.45) is 0 Å². The van der Waals surface area contributed by atoms with E-state index in [-0.39, 0.29) is 0 Å². The highest BCUT2D eigenvalue weighted by atomic mass is 35.5. The van der Waals surface area contributed by atoms with Crippen LogP contribution in [0.3, 0.4) is 0 Å². The summed E-state index contributed by atoms with van der Waals surface area (Å²) in [4.78, 5) is 4.34. The first-order valence-corrected chi connectivity index (χ1v) is 7.97. The molecule has 0 unspecified atom stereocenters. The molecule has 0 aromatic heterocycles. The van der Waals surface area contributed by atoms with E-state index in [4.69, 9.17) is 34.8 Å². The maximum absolute atomic E-state index is 6.08. The smallest absolute Gasteiger partial charge is 0.0603 e. The number of nitrogens with zero attached hydrogens (tertiary/aromatic N) is 1. The molecule has 2 aromatic carbocycles. The van der Waals surface area contributed by atoms with E-state index in [1.807, 2.05) is 50.5 Å². The molecule has 0 aliphatic rings. The van der Waals surface area contributed by atoms with Crippen LogP contribution in [0.5, 0.6) is 0 Å². The van der Waals surface area contributed by atoms with Gasteiger partial charge in [-0.2, -0.15) is 0 Å². The maximum Gasteiger partial charge on any atom is 0.0603 e. The largest absolute Gasteiger partial charge is 0.305 e. The van der Waals surface area contributed by atoms with Gasteiger partial charge in [-0.05, 0) is 56.1 Å². The summed E-state index contributed by atoms with van der Waals surface area (Å²) >= 11 is 19.7. The van der Waals surface area contributed by atoms with E-state index in [9.17, 15) is 0 Å². The molecule has 0 spiro atoms. The molecule has 0 radical (unpaired) electrons. The monoisotopic (exact) mass is 345 g/mol. The van der Waals surface area contributed by atoms with Crippen LogP contribution in [-0.2, 0) is 6.54 Å².